The van der Waals surface area contributed by atoms with Gasteiger partial charge in [-0.15, -0.1) is 0 Å². The van der Waals surface area contributed by atoms with Gasteiger partial charge in [-0.2, -0.15) is 13.2 Å². The number of fused-ring (bicyclic) bond motifs is 1. The molecule has 2 aromatic rings. The number of halogens is 3. The first kappa shape index (κ1) is 18.9. The molecule has 3 heterocycles. The number of rotatable bonds is 4. The van der Waals surface area contributed by atoms with Gasteiger partial charge in [0, 0.05) is 37.4 Å². The van der Waals surface area contributed by atoms with Crippen molar-refractivity contribution < 1.29 is 22.6 Å². The third-order valence-corrected chi connectivity index (χ3v) is 5.12. The summed E-state index contributed by atoms with van der Waals surface area (Å²) in [5.41, 5.74) is 0.356. The molecule has 0 bridgehead atoms. The zero-order valence-electron chi connectivity index (χ0n) is 15.3. The molecule has 1 fully saturated rings. The molecule has 0 spiro atoms. The van der Waals surface area contributed by atoms with Gasteiger partial charge in [0.25, 0.3) is 0 Å². The monoisotopic (exact) mass is 393 g/mol. The summed E-state index contributed by atoms with van der Waals surface area (Å²) in [5, 5.41) is 3.56. The predicted octanol–water partition coefficient (Wildman–Crippen LogP) is 3.63. The number of benzene rings is 1. The van der Waals surface area contributed by atoms with Gasteiger partial charge >= 0.3 is 6.18 Å². The maximum atomic E-state index is 12.7. The highest BCUT2D eigenvalue weighted by Gasteiger charge is 2.31. The molecule has 28 heavy (non-hydrogen) atoms. The lowest BCUT2D eigenvalue weighted by molar-refractivity contribution is -0.137. The summed E-state index contributed by atoms with van der Waals surface area (Å²) < 4.78 is 49.3. The Bertz CT molecular complexity index is 803. The molecule has 1 saturated heterocycles. The summed E-state index contributed by atoms with van der Waals surface area (Å²) >= 11 is 0. The number of alkyl halides is 3. The Morgan fingerprint density at radius 3 is 2.57 bits per heavy atom. The number of nitrogens with zero attached hydrogens (tertiary/aromatic N) is 2. The van der Waals surface area contributed by atoms with Crippen LogP contribution in [0.15, 0.2) is 36.5 Å². The van der Waals surface area contributed by atoms with Crippen LogP contribution in [-0.4, -0.2) is 37.3 Å². The van der Waals surface area contributed by atoms with E-state index >= 15 is 0 Å². The molecule has 2 aliphatic rings. The molecule has 8 heteroatoms. The van der Waals surface area contributed by atoms with Crippen molar-refractivity contribution in [1.29, 1.82) is 0 Å². The van der Waals surface area contributed by atoms with E-state index in [1.807, 2.05) is 23.1 Å². The van der Waals surface area contributed by atoms with Crippen LogP contribution in [0.25, 0.3) is 0 Å². The third kappa shape index (κ3) is 4.16. The van der Waals surface area contributed by atoms with Gasteiger partial charge in [0.05, 0.1) is 5.56 Å². The Morgan fingerprint density at radius 1 is 1.07 bits per heavy atom. The first-order chi connectivity index (χ1) is 13.5. The Hall–Kier alpha value is -2.48. The fourth-order valence-corrected chi connectivity index (χ4v) is 3.58. The van der Waals surface area contributed by atoms with Crippen LogP contribution in [0.4, 0.5) is 19.0 Å². The van der Waals surface area contributed by atoms with Crippen LogP contribution in [0.3, 0.4) is 0 Å². The van der Waals surface area contributed by atoms with E-state index in [0.717, 1.165) is 55.3 Å². The van der Waals surface area contributed by atoms with Crippen LogP contribution in [0, 0.1) is 0 Å². The lowest BCUT2D eigenvalue weighted by Crippen LogP contribution is -2.42. The molecule has 0 atom stereocenters. The van der Waals surface area contributed by atoms with E-state index in [-0.39, 0.29) is 0 Å². The molecule has 5 nitrogen and oxygen atoms in total. The molecule has 2 aliphatic heterocycles. The minimum atomic E-state index is -4.35. The highest BCUT2D eigenvalue weighted by Crippen LogP contribution is 2.34. The second kappa shape index (κ2) is 7.87. The average Bonchev–Trinajstić information content (AvgIpc) is 2.72. The SMILES string of the molecule is FC(F)(F)c1ccc(N2CCC(NCc3cccc4c3OCCO4)CC2)nc1. The minimum Gasteiger partial charge on any atom is -0.486 e. The highest BCUT2D eigenvalue weighted by molar-refractivity contribution is 5.47. The second-order valence-corrected chi connectivity index (χ2v) is 6.99. The molecular formula is C20H22F3N3O2. The van der Waals surface area contributed by atoms with Gasteiger partial charge in [0.1, 0.15) is 19.0 Å². The molecule has 0 amide bonds. The van der Waals surface area contributed by atoms with Crippen molar-refractivity contribution in [3.63, 3.8) is 0 Å². The van der Waals surface area contributed by atoms with Gasteiger partial charge in [0.15, 0.2) is 11.5 Å². The first-order valence-corrected chi connectivity index (χ1v) is 9.40. The molecule has 1 aromatic carbocycles. The average molecular weight is 393 g/mol. The molecule has 150 valence electrons. The number of para-hydroxylation sites is 1. The summed E-state index contributed by atoms with van der Waals surface area (Å²) in [7, 11) is 0. The summed E-state index contributed by atoms with van der Waals surface area (Å²) in [5.74, 6) is 2.19. The molecule has 1 aromatic heterocycles. The van der Waals surface area contributed by atoms with E-state index in [0.29, 0.717) is 31.6 Å². The third-order valence-electron chi connectivity index (χ3n) is 5.12. The quantitative estimate of drug-likeness (QED) is 0.860. The van der Waals surface area contributed by atoms with Crippen molar-refractivity contribution >= 4 is 5.82 Å². The van der Waals surface area contributed by atoms with Gasteiger partial charge in [-0.1, -0.05) is 12.1 Å². The van der Waals surface area contributed by atoms with E-state index in [4.69, 9.17) is 9.47 Å². The van der Waals surface area contributed by atoms with Crippen LogP contribution in [0.1, 0.15) is 24.0 Å². The highest BCUT2D eigenvalue weighted by atomic mass is 19.4. The second-order valence-electron chi connectivity index (χ2n) is 6.99. The number of hydrogen-bond acceptors (Lipinski definition) is 5. The van der Waals surface area contributed by atoms with Crippen LogP contribution in [-0.2, 0) is 12.7 Å². The fraction of sp³-hybridized carbons (Fsp3) is 0.450. The summed E-state index contributed by atoms with van der Waals surface area (Å²) in [6.45, 7) is 3.32. The number of nitrogens with one attached hydrogen (secondary N) is 1. The fourth-order valence-electron chi connectivity index (χ4n) is 3.58. The maximum Gasteiger partial charge on any atom is 0.417 e. The van der Waals surface area contributed by atoms with Gasteiger partial charge in [0.2, 0.25) is 0 Å². The lowest BCUT2D eigenvalue weighted by atomic mass is 10.0. The van der Waals surface area contributed by atoms with Crippen LogP contribution in [0.5, 0.6) is 11.5 Å². The van der Waals surface area contributed by atoms with Gasteiger partial charge in [-0.25, -0.2) is 4.98 Å². The zero-order chi connectivity index (χ0) is 19.6. The van der Waals surface area contributed by atoms with Gasteiger partial charge in [-0.3, -0.25) is 0 Å². The van der Waals surface area contributed by atoms with Crippen molar-refractivity contribution in [2.45, 2.75) is 31.6 Å². The van der Waals surface area contributed by atoms with Crippen molar-refractivity contribution in [2.24, 2.45) is 0 Å². The number of hydrogen-bond donors (Lipinski definition) is 1. The van der Waals surface area contributed by atoms with Crippen LogP contribution >= 0.6 is 0 Å². The zero-order valence-corrected chi connectivity index (χ0v) is 15.3. The molecular weight excluding hydrogens is 371 g/mol. The Labute approximate surface area is 161 Å². The number of pyridine rings is 1. The number of anilines is 1. The van der Waals surface area contributed by atoms with Crippen molar-refractivity contribution in [3.8, 4) is 11.5 Å². The van der Waals surface area contributed by atoms with E-state index in [1.165, 1.54) is 6.07 Å². The molecule has 0 unspecified atom stereocenters. The topological polar surface area (TPSA) is 46.6 Å². The Morgan fingerprint density at radius 2 is 1.86 bits per heavy atom. The smallest absolute Gasteiger partial charge is 0.417 e. The van der Waals surface area contributed by atoms with Crippen LogP contribution in [0.2, 0.25) is 0 Å². The summed E-state index contributed by atoms with van der Waals surface area (Å²) in [4.78, 5) is 6.02. The summed E-state index contributed by atoms with van der Waals surface area (Å²) in [6, 6.07) is 8.78. The Balaban J connectivity index is 1.30. The molecule has 1 N–H and O–H groups in total. The first-order valence-electron chi connectivity index (χ1n) is 9.40. The van der Waals surface area contributed by atoms with E-state index in [2.05, 4.69) is 10.3 Å². The van der Waals surface area contributed by atoms with E-state index < -0.39 is 11.7 Å². The summed E-state index contributed by atoms with van der Waals surface area (Å²) in [6.07, 6.45) is -1.65. The standard InChI is InChI=1S/C20H22F3N3O2/c21-20(22,23)15-4-5-18(25-13-15)26-8-6-16(7-9-26)24-12-14-2-1-3-17-19(14)28-11-10-27-17/h1-5,13,16,24H,6-12H2. The van der Waals surface area contributed by atoms with E-state index in [9.17, 15) is 13.2 Å². The Kier molecular flexibility index (Phi) is 5.30. The maximum absolute atomic E-state index is 12.7. The van der Waals surface area contributed by atoms with Gasteiger partial charge < -0.3 is 19.7 Å². The van der Waals surface area contributed by atoms with Gasteiger partial charge in [-0.05, 0) is 31.0 Å². The van der Waals surface area contributed by atoms with Crippen molar-refractivity contribution in [2.75, 3.05) is 31.2 Å². The number of ether oxygens (including phenoxy) is 2. The molecule has 0 radical (unpaired) electrons. The lowest BCUT2D eigenvalue weighted by Gasteiger charge is -2.33. The molecule has 0 saturated carbocycles. The van der Waals surface area contributed by atoms with E-state index in [1.54, 1.807) is 0 Å². The molecule has 0 aliphatic carbocycles. The predicted molar refractivity (Wildman–Crippen MR) is 98.7 cm³/mol. The van der Waals surface area contributed by atoms with Crippen LogP contribution < -0.4 is 19.7 Å². The number of aromatic nitrogens is 1. The normalized spacial score (nSPS) is 17.6. The largest absolute Gasteiger partial charge is 0.486 e. The minimum absolute atomic E-state index is 0.339. The van der Waals surface area contributed by atoms with Crippen molar-refractivity contribution in [1.82, 2.24) is 10.3 Å². The molecule has 4 rings (SSSR count). The number of piperidine rings is 1. The van der Waals surface area contributed by atoms with Crippen molar-refractivity contribution in [3.05, 3.63) is 47.7 Å².